The number of anilines is 1. The maximum atomic E-state index is 11.8. The van der Waals surface area contributed by atoms with Gasteiger partial charge in [0.05, 0.1) is 35.8 Å². The smallest absolute Gasteiger partial charge is 0.408 e. The van der Waals surface area contributed by atoms with E-state index in [0.29, 0.717) is 17.8 Å². The summed E-state index contributed by atoms with van der Waals surface area (Å²) in [4.78, 5) is 26.4. The molecule has 0 saturated carbocycles. The number of aliphatic hydroxyl groups excluding tert-OH is 1. The fraction of sp³-hybridized carbons (Fsp3) is 0.720. The van der Waals surface area contributed by atoms with Gasteiger partial charge in [-0.1, -0.05) is 50.1 Å². The van der Waals surface area contributed by atoms with E-state index in [1.165, 1.54) is 31.7 Å². The van der Waals surface area contributed by atoms with Gasteiger partial charge in [0.15, 0.2) is 0 Å². The second-order valence-electron chi connectivity index (χ2n) is 10.0. The molecule has 2 rings (SSSR count). The Balaban J connectivity index is 1.43. The number of aliphatic hydroxyl groups is 1. The van der Waals surface area contributed by atoms with E-state index in [-0.39, 0.29) is 24.5 Å². The van der Waals surface area contributed by atoms with Gasteiger partial charge >= 0.3 is 11.8 Å². The van der Waals surface area contributed by atoms with E-state index in [0.717, 1.165) is 45.1 Å². The van der Waals surface area contributed by atoms with Crippen LogP contribution in [0.1, 0.15) is 78.6 Å². The van der Waals surface area contributed by atoms with E-state index < -0.39 is 22.7 Å². The van der Waals surface area contributed by atoms with E-state index >= 15 is 0 Å². The summed E-state index contributed by atoms with van der Waals surface area (Å²) in [5, 5.41) is 30.4. The molecule has 1 amide bonds. The van der Waals surface area contributed by atoms with Gasteiger partial charge in [0, 0.05) is 13.2 Å². The van der Waals surface area contributed by atoms with Crippen molar-refractivity contribution in [1.82, 2.24) is 15.5 Å². The number of amides is 1. The standard InChI is InChI=1S/C25H41N5O7/c1-25(2,3)36-24(32)29-19(17-31)18-35-14-12-10-8-6-4-5-7-9-11-13-26-23-20-15-28-37-22(20)21(16-27-23)30(33)34/h15-16,19,31H,4-14,17-18H2,1-3H3,(H,26,27)(H,29,32)/t19-/m0/s1. The number of carbonyl (C=O) groups is 1. The molecule has 0 aliphatic carbocycles. The van der Waals surface area contributed by atoms with Crippen molar-refractivity contribution < 1.29 is 28.8 Å². The minimum atomic E-state index is -0.580. The van der Waals surface area contributed by atoms with Crippen LogP contribution in [0.5, 0.6) is 0 Å². The summed E-state index contributed by atoms with van der Waals surface area (Å²) in [6, 6.07) is -0.473. The maximum Gasteiger partial charge on any atom is 0.408 e. The van der Waals surface area contributed by atoms with Crippen LogP contribution in [0.15, 0.2) is 16.9 Å². The lowest BCUT2D eigenvalue weighted by Gasteiger charge is -2.22. The van der Waals surface area contributed by atoms with Gasteiger partial charge in [-0.05, 0) is 33.6 Å². The number of pyridine rings is 1. The average Bonchev–Trinajstić information content (AvgIpc) is 3.32. The number of alkyl carbamates (subject to hydrolysis) is 1. The highest BCUT2D eigenvalue weighted by molar-refractivity contribution is 5.92. The second kappa shape index (κ2) is 16.0. The Morgan fingerprint density at radius 1 is 1.11 bits per heavy atom. The van der Waals surface area contributed by atoms with Crippen LogP contribution in [0.2, 0.25) is 0 Å². The topological polar surface area (TPSA) is 162 Å². The van der Waals surface area contributed by atoms with Crippen LogP contribution in [0.25, 0.3) is 11.0 Å². The van der Waals surface area contributed by atoms with Gasteiger partial charge in [-0.25, -0.2) is 9.78 Å². The molecular formula is C25H41N5O7. The molecule has 0 bridgehead atoms. The van der Waals surface area contributed by atoms with Gasteiger partial charge in [0.25, 0.3) is 0 Å². The van der Waals surface area contributed by atoms with Crippen molar-refractivity contribution in [3.05, 3.63) is 22.5 Å². The van der Waals surface area contributed by atoms with Crippen molar-refractivity contribution in [3.8, 4) is 0 Å². The first-order chi connectivity index (χ1) is 17.7. The SMILES string of the molecule is CC(C)(C)OC(=O)N[C@@H](CO)COCCCCCCCCCCCNc1ncc([N+](=O)[O-])c2oncc12. The minimum Gasteiger partial charge on any atom is -0.444 e. The predicted octanol–water partition coefficient (Wildman–Crippen LogP) is 4.96. The van der Waals surface area contributed by atoms with Gasteiger partial charge in [-0.3, -0.25) is 10.1 Å². The number of nitrogens with one attached hydrogen (secondary N) is 2. The normalized spacial score (nSPS) is 12.4. The molecule has 2 aromatic rings. The van der Waals surface area contributed by atoms with Crippen LogP contribution in [0.3, 0.4) is 0 Å². The molecule has 0 fully saturated rings. The Morgan fingerprint density at radius 3 is 2.38 bits per heavy atom. The predicted molar refractivity (Wildman–Crippen MR) is 140 cm³/mol. The summed E-state index contributed by atoms with van der Waals surface area (Å²) in [5.41, 5.74) is -0.629. The van der Waals surface area contributed by atoms with Crippen molar-refractivity contribution in [1.29, 1.82) is 0 Å². The Kier molecular flexibility index (Phi) is 13.1. The first-order valence-electron chi connectivity index (χ1n) is 13.0. The third-order valence-corrected chi connectivity index (χ3v) is 5.59. The highest BCUT2D eigenvalue weighted by atomic mass is 16.6. The number of unbranched alkanes of at least 4 members (excludes halogenated alkanes) is 8. The summed E-state index contributed by atoms with van der Waals surface area (Å²) >= 11 is 0. The molecule has 1 atom stereocenters. The molecule has 12 heteroatoms. The highest BCUT2D eigenvalue weighted by Gasteiger charge is 2.20. The van der Waals surface area contributed by atoms with Gasteiger partial charge < -0.3 is 29.7 Å². The van der Waals surface area contributed by atoms with E-state index in [2.05, 4.69) is 20.8 Å². The molecule has 0 radical (unpaired) electrons. The number of nitro groups is 1. The molecule has 2 aromatic heterocycles. The monoisotopic (exact) mass is 523 g/mol. The molecule has 12 nitrogen and oxygen atoms in total. The van der Waals surface area contributed by atoms with E-state index in [1.54, 1.807) is 20.8 Å². The van der Waals surface area contributed by atoms with Crippen LogP contribution in [-0.4, -0.2) is 64.3 Å². The van der Waals surface area contributed by atoms with Gasteiger partial charge in [-0.15, -0.1) is 0 Å². The van der Waals surface area contributed by atoms with Crippen molar-refractivity contribution in [2.75, 3.05) is 31.7 Å². The number of hydrogen-bond donors (Lipinski definition) is 3. The van der Waals surface area contributed by atoms with Crippen LogP contribution in [0, 0.1) is 10.1 Å². The number of fused-ring (bicyclic) bond motifs is 1. The fourth-order valence-electron chi connectivity index (χ4n) is 3.73. The lowest BCUT2D eigenvalue weighted by Crippen LogP contribution is -2.43. The molecule has 0 spiro atoms. The first kappa shape index (κ1) is 30.2. The van der Waals surface area contributed by atoms with Crippen LogP contribution < -0.4 is 10.6 Å². The molecule has 0 unspecified atom stereocenters. The quantitative estimate of drug-likeness (QED) is 0.138. The van der Waals surface area contributed by atoms with Crippen molar-refractivity contribution >= 4 is 28.6 Å². The van der Waals surface area contributed by atoms with Crippen molar-refractivity contribution in [2.24, 2.45) is 0 Å². The van der Waals surface area contributed by atoms with Gasteiger partial charge in [-0.2, -0.15) is 0 Å². The molecule has 2 heterocycles. The summed E-state index contributed by atoms with van der Waals surface area (Å²) in [6.45, 7) is 6.76. The number of ether oxygens (including phenoxy) is 2. The third kappa shape index (κ3) is 11.7. The van der Waals surface area contributed by atoms with E-state index in [1.807, 2.05) is 0 Å². The lowest BCUT2D eigenvalue weighted by molar-refractivity contribution is -0.384. The van der Waals surface area contributed by atoms with Crippen molar-refractivity contribution in [3.63, 3.8) is 0 Å². The summed E-state index contributed by atoms with van der Waals surface area (Å²) in [7, 11) is 0. The zero-order valence-corrected chi connectivity index (χ0v) is 22.2. The molecule has 0 aliphatic heterocycles. The Bertz CT molecular complexity index is 961. The second-order valence-corrected chi connectivity index (χ2v) is 10.0. The molecule has 0 saturated heterocycles. The lowest BCUT2D eigenvalue weighted by atomic mass is 10.1. The largest absolute Gasteiger partial charge is 0.444 e. The Labute approximate surface area is 217 Å². The summed E-state index contributed by atoms with van der Waals surface area (Å²) in [6.07, 6.45) is 12.1. The van der Waals surface area contributed by atoms with Crippen LogP contribution >= 0.6 is 0 Å². The zero-order valence-electron chi connectivity index (χ0n) is 22.2. The number of rotatable bonds is 18. The van der Waals surface area contributed by atoms with Gasteiger partial charge in [0.2, 0.25) is 5.58 Å². The van der Waals surface area contributed by atoms with Crippen LogP contribution in [0.4, 0.5) is 16.3 Å². The molecule has 0 aliphatic rings. The number of carbonyl (C=O) groups excluding carboxylic acids is 1. The van der Waals surface area contributed by atoms with Crippen LogP contribution in [-0.2, 0) is 9.47 Å². The molecule has 3 N–H and O–H groups in total. The number of nitrogens with zero attached hydrogens (tertiary/aromatic N) is 3. The van der Waals surface area contributed by atoms with Gasteiger partial charge in [0.1, 0.15) is 17.6 Å². The molecule has 0 aromatic carbocycles. The Morgan fingerprint density at radius 2 is 1.76 bits per heavy atom. The minimum absolute atomic E-state index is 0.138. The average molecular weight is 524 g/mol. The molecule has 208 valence electrons. The summed E-state index contributed by atoms with van der Waals surface area (Å²) < 4.78 is 15.8. The molecular weight excluding hydrogens is 482 g/mol. The molecule has 37 heavy (non-hydrogen) atoms. The highest BCUT2D eigenvalue weighted by Crippen LogP contribution is 2.29. The third-order valence-electron chi connectivity index (χ3n) is 5.59. The number of aromatic nitrogens is 2. The summed E-state index contributed by atoms with van der Waals surface area (Å²) in [5.74, 6) is 0.553. The maximum absolute atomic E-state index is 11.8. The van der Waals surface area contributed by atoms with E-state index in [9.17, 15) is 20.0 Å². The fourth-order valence-corrected chi connectivity index (χ4v) is 3.73. The van der Waals surface area contributed by atoms with Crippen molar-refractivity contribution in [2.45, 2.75) is 90.2 Å². The van der Waals surface area contributed by atoms with E-state index in [4.69, 9.17) is 14.0 Å². The Hall–Kier alpha value is -2.99. The zero-order chi connectivity index (χ0) is 27.1. The number of hydrogen-bond acceptors (Lipinski definition) is 10. The first-order valence-corrected chi connectivity index (χ1v) is 13.0.